The number of hydrogen-bond donors (Lipinski definition) is 1. The standard InChI is InChI=1S/C22H32O3/c1-21-11-4-3-5-14(21)6-8-16-17-9-7-15(13-19(23)20(24)25)22(17,2)12-10-18(16)21/h5,15-18H,3-4,6-13H2,1-2H3,(H,24,25)/t15-,16+,17+,18+,21+,22-/m1/s1. The van der Waals surface area contributed by atoms with E-state index in [1.54, 1.807) is 5.57 Å². The van der Waals surface area contributed by atoms with Crippen molar-refractivity contribution >= 4 is 11.8 Å². The number of carboxylic acid groups (broad SMARTS) is 1. The van der Waals surface area contributed by atoms with Crippen LogP contribution in [0.4, 0.5) is 0 Å². The zero-order chi connectivity index (χ0) is 17.8. The average molecular weight is 344 g/mol. The van der Waals surface area contributed by atoms with Crippen molar-refractivity contribution in [3.63, 3.8) is 0 Å². The molecule has 138 valence electrons. The van der Waals surface area contributed by atoms with Gasteiger partial charge >= 0.3 is 5.97 Å². The summed E-state index contributed by atoms with van der Waals surface area (Å²) in [5, 5.41) is 9.02. The van der Waals surface area contributed by atoms with Gasteiger partial charge in [0.1, 0.15) is 0 Å². The van der Waals surface area contributed by atoms with Crippen molar-refractivity contribution in [2.75, 3.05) is 0 Å². The van der Waals surface area contributed by atoms with E-state index < -0.39 is 11.8 Å². The van der Waals surface area contributed by atoms with Gasteiger partial charge in [0.05, 0.1) is 0 Å². The average Bonchev–Trinajstić information content (AvgIpc) is 2.91. The maximum absolute atomic E-state index is 11.8. The third-order valence-electron chi connectivity index (χ3n) is 8.89. The lowest BCUT2D eigenvalue weighted by Gasteiger charge is -2.58. The Morgan fingerprint density at radius 2 is 1.92 bits per heavy atom. The zero-order valence-corrected chi connectivity index (χ0v) is 15.7. The minimum Gasteiger partial charge on any atom is -0.476 e. The third kappa shape index (κ3) is 2.52. The van der Waals surface area contributed by atoms with E-state index >= 15 is 0 Å². The Kier molecular flexibility index (Phi) is 4.12. The Hall–Kier alpha value is -1.12. The van der Waals surface area contributed by atoms with Crippen LogP contribution < -0.4 is 0 Å². The number of carbonyl (C=O) groups excluding carboxylic acids is 1. The van der Waals surface area contributed by atoms with Crippen molar-refractivity contribution in [1.29, 1.82) is 0 Å². The molecule has 0 unspecified atom stereocenters. The van der Waals surface area contributed by atoms with E-state index in [-0.39, 0.29) is 17.8 Å². The highest BCUT2D eigenvalue weighted by Crippen LogP contribution is 2.67. The molecule has 4 aliphatic rings. The topological polar surface area (TPSA) is 54.4 Å². The molecule has 3 nitrogen and oxygen atoms in total. The summed E-state index contributed by atoms with van der Waals surface area (Å²) in [5.41, 5.74) is 2.33. The number of fused-ring (bicyclic) bond motifs is 5. The lowest BCUT2D eigenvalue weighted by molar-refractivity contribution is -0.150. The van der Waals surface area contributed by atoms with Crippen molar-refractivity contribution in [1.82, 2.24) is 0 Å². The summed E-state index contributed by atoms with van der Waals surface area (Å²) in [5.74, 6) is 0.727. The number of carboxylic acids is 1. The van der Waals surface area contributed by atoms with Gasteiger partial charge in [0.15, 0.2) is 0 Å². The first-order chi connectivity index (χ1) is 11.9. The van der Waals surface area contributed by atoms with Crippen molar-refractivity contribution in [2.24, 2.45) is 34.5 Å². The van der Waals surface area contributed by atoms with Gasteiger partial charge in [-0.25, -0.2) is 4.79 Å². The van der Waals surface area contributed by atoms with E-state index in [1.807, 2.05) is 0 Å². The summed E-state index contributed by atoms with van der Waals surface area (Å²) in [6.07, 6.45) is 14.0. The second-order valence-electron chi connectivity index (χ2n) is 9.71. The summed E-state index contributed by atoms with van der Waals surface area (Å²) in [7, 11) is 0. The molecule has 3 fully saturated rings. The molecule has 0 heterocycles. The normalized spacial score (nSPS) is 45.8. The first-order valence-corrected chi connectivity index (χ1v) is 10.3. The van der Waals surface area contributed by atoms with Crippen molar-refractivity contribution < 1.29 is 14.7 Å². The lowest BCUT2D eigenvalue weighted by atomic mass is 9.47. The molecule has 0 aromatic rings. The number of Topliss-reactive ketones (excluding diaryl/α,β-unsaturated/α-hetero) is 1. The minimum atomic E-state index is -1.25. The summed E-state index contributed by atoms with van der Waals surface area (Å²) in [4.78, 5) is 22.9. The zero-order valence-electron chi connectivity index (χ0n) is 15.7. The first-order valence-electron chi connectivity index (χ1n) is 10.3. The van der Waals surface area contributed by atoms with Gasteiger partial charge in [-0.2, -0.15) is 0 Å². The Morgan fingerprint density at radius 3 is 2.68 bits per heavy atom. The van der Waals surface area contributed by atoms with E-state index in [9.17, 15) is 9.59 Å². The second kappa shape index (κ2) is 5.96. The highest BCUT2D eigenvalue weighted by atomic mass is 16.4. The number of hydrogen-bond acceptors (Lipinski definition) is 2. The molecule has 0 saturated heterocycles. The van der Waals surface area contributed by atoms with Crippen LogP contribution in [0, 0.1) is 34.5 Å². The van der Waals surface area contributed by atoms with Crippen LogP contribution in [0.5, 0.6) is 0 Å². The molecule has 0 radical (unpaired) electrons. The van der Waals surface area contributed by atoms with Crippen LogP contribution in [0.15, 0.2) is 11.6 Å². The Balaban J connectivity index is 1.57. The highest BCUT2D eigenvalue weighted by Gasteiger charge is 2.58. The summed E-state index contributed by atoms with van der Waals surface area (Å²) >= 11 is 0. The molecular weight excluding hydrogens is 312 g/mol. The molecule has 6 atom stereocenters. The molecule has 4 aliphatic carbocycles. The number of ketones is 1. The molecule has 0 aliphatic heterocycles. The molecular formula is C22H32O3. The van der Waals surface area contributed by atoms with Crippen LogP contribution in [0.1, 0.15) is 78.1 Å². The molecule has 0 bridgehead atoms. The molecule has 0 spiro atoms. The van der Waals surface area contributed by atoms with E-state index in [1.165, 1.54) is 51.4 Å². The van der Waals surface area contributed by atoms with Crippen LogP contribution in [-0.2, 0) is 9.59 Å². The van der Waals surface area contributed by atoms with E-state index in [0.717, 1.165) is 18.3 Å². The summed E-state index contributed by atoms with van der Waals surface area (Å²) in [6.45, 7) is 4.90. The molecule has 0 aromatic heterocycles. The maximum atomic E-state index is 11.8. The fraction of sp³-hybridized carbons (Fsp3) is 0.818. The van der Waals surface area contributed by atoms with Crippen molar-refractivity contribution in [2.45, 2.75) is 78.1 Å². The predicted molar refractivity (Wildman–Crippen MR) is 97.1 cm³/mol. The monoisotopic (exact) mass is 344 g/mol. The van der Waals surface area contributed by atoms with Crippen molar-refractivity contribution in [3.05, 3.63) is 11.6 Å². The Bertz CT molecular complexity index is 621. The second-order valence-corrected chi connectivity index (χ2v) is 9.71. The highest BCUT2D eigenvalue weighted by molar-refractivity contribution is 6.32. The smallest absolute Gasteiger partial charge is 0.372 e. The van der Waals surface area contributed by atoms with Gasteiger partial charge in [-0.05, 0) is 92.3 Å². The molecule has 0 aromatic carbocycles. The summed E-state index contributed by atoms with van der Waals surface area (Å²) in [6, 6.07) is 0. The maximum Gasteiger partial charge on any atom is 0.372 e. The SMILES string of the molecule is C[C@]12CC[C@H]3[C@@H](CCC4=CCCC[C@@]43C)[C@@H]1CC[C@@H]2CC(=O)C(=O)O. The van der Waals surface area contributed by atoms with Crippen LogP contribution in [0.25, 0.3) is 0 Å². The number of carbonyl (C=O) groups is 2. The molecule has 1 N–H and O–H groups in total. The number of allylic oxidation sites excluding steroid dienone is 2. The fourth-order valence-electron chi connectivity index (χ4n) is 7.51. The predicted octanol–water partition coefficient (Wildman–Crippen LogP) is 5.00. The Labute approximate surface area is 151 Å². The van der Waals surface area contributed by atoms with Crippen LogP contribution in [-0.4, -0.2) is 16.9 Å². The van der Waals surface area contributed by atoms with Gasteiger partial charge in [0, 0.05) is 6.42 Å². The fourth-order valence-corrected chi connectivity index (χ4v) is 7.51. The first kappa shape index (κ1) is 17.3. The van der Waals surface area contributed by atoms with Gasteiger partial charge in [-0.15, -0.1) is 0 Å². The molecule has 3 saturated carbocycles. The quantitative estimate of drug-likeness (QED) is 0.579. The van der Waals surface area contributed by atoms with E-state index in [4.69, 9.17) is 5.11 Å². The van der Waals surface area contributed by atoms with Crippen LogP contribution in [0.2, 0.25) is 0 Å². The van der Waals surface area contributed by atoms with Gasteiger partial charge in [0.2, 0.25) is 5.78 Å². The Morgan fingerprint density at radius 1 is 1.12 bits per heavy atom. The summed E-state index contributed by atoms with van der Waals surface area (Å²) < 4.78 is 0. The molecule has 4 rings (SSSR count). The van der Waals surface area contributed by atoms with Gasteiger partial charge in [-0.1, -0.05) is 25.5 Å². The number of aliphatic carboxylic acids is 1. The largest absolute Gasteiger partial charge is 0.476 e. The van der Waals surface area contributed by atoms with E-state index in [0.29, 0.717) is 11.3 Å². The molecule has 25 heavy (non-hydrogen) atoms. The number of rotatable bonds is 3. The van der Waals surface area contributed by atoms with Crippen LogP contribution >= 0.6 is 0 Å². The van der Waals surface area contributed by atoms with Crippen LogP contribution in [0.3, 0.4) is 0 Å². The molecule has 0 amide bonds. The van der Waals surface area contributed by atoms with E-state index in [2.05, 4.69) is 19.9 Å². The lowest BCUT2D eigenvalue weighted by Crippen LogP contribution is -2.50. The van der Waals surface area contributed by atoms with Gasteiger partial charge < -0.3 is 5.11 Å². The molecule has 3 heteroatoms. The van der Waals surface area contributed by atoms with Gasteiger partial charge in [0.25, 0.3) is 0 Å². The van der Waals surface area contributed by atoms with Gasteiger partial charge in [-0.3, -0.25) is 4.79 Å². The third-order valence-corrected chi connectivity index (χ3v) is 8.89. The minimum absolute atomic E-state index is 0.179. The van der Waals surface area contributed by atoms with Crippen molar-refractivity contribution in [3.8, 4) is 0 Å².